The predicted molar refractivity (Wildman–Crippen MR) is 238 cm³/mol. The van der Waals surface area contributed by atoms with E-state index in [1.54, 1.807) is 36.4 Å². The average Bonchev–Trinajstić information content (AvgIpc) is 3.80. The molecule has 62 heavy (non-hydrogen) atoms. The van der Waals surface area contributed by atoms with Crippen molar-refractivity contribution in [1.29, 1.82) is 0 Å². The molecule has 0 saturated carbocycles. The molecule has 0 heterocycles. The minimum atomic E-state index is -4.48. The van der Waals surface area contributed by atoms with Gasteiger partial charge in [-0.25, -0.2) is 0 Å². The van der Waals surface area contributed by atoms with Gasteiger partial charge in [0, 0.05) is 16.2 Å². The summed E-state index contributed by atoms with van der Waals surface area (Å²) in [4.78, 5) is 0. The van der Waals surface area contributed by atoms with Gasteiger partial charge in [0.25, 0.3) is 0 Å². The van der Waals surface area contributed by atoms with Gasteiger partial charge in [0.05, 0.1) is 0 Å². The van der Waals surface area contributed by atoms with E-state index in [1.165, 1.54) is 47.2 Å². The highest BCUT2D eigenvalue weighted by Gasteiger charge is 2.60. The van der Waals surface area contributed by atoms with Crippen molar-refractivity contribution in [3.8, 4) is 33.4 Å². The zero-order valence-corrected chi connectivity index (χ0v) is 36.5. The maximum absolute atomic E-state index is 15.2. The summed E-state index contributed by atoms with van der Waals surface area (Å²) in [7, 11) is 0. The molecule has 0 bridgehead atoms. The molecule has 0 saturated heterocycles. The Morgan fingerprint density at radius 1 is 0.484 bits per heavy atom. The second-order valence-electron chi connectivity index (χ2n) is 19.2. The summed E-state index contributed by atoms with van der Waals surface area (Å²) >= 11 is 0. The number of alkyl halides is 6. The summed E-state index contributed by atoms with van der Waals surface area (Å²) in [5, 5.41) is 0. The molecule has 4 aliphatic carbocycles. The molecule has 0 aliphatic heterocycles. The molecule has 0 fully saturated rings. The van der Waals surface area contributed by atoms with Crippen LogP contribution in [0.5, 0.6) is 0 Å². The quantitative estimate of drug-likeness (QED) is 0.134. The Kier molecular flexibility index (Phi) is 8.73. The molecule has 0 aromatic heterocycles. The molecule has 6 heteroatoms. The molecule has 4 atom stereocenters. The van der Waals surface area contributed by atoms with Crippen molar-refractivity contribution in [2.45, 2.75) is 126 Å². The van der Waals surface area contributed by atoms with E-state index in [2.05, 4.69) is 71.0 Å². The lowest BCUT2D eigenvalue weighted by Gasteiger charge is -2.47. The van der Waals surface area contributed by atoms with E-state index >= 15 is 26.3 Å². The SMILES string of the molecule is CCCC1(c2ccc3c(c2)C(C)(C(F)(F)F)c2ccccc2-3)Cc2cc3c(cc21)C(CC)(CC)c1cc(C(C)(CC)c2ccc4c(c2)C(C)(C(F)(F)F)c2ccccc2-4)ccc1-3. The van der Waals surface area contributed by atoms with Crippen molar-refractivity contribution in [3.05, 3.63) is 176 Å². The molecule has 6 aromatic carbocycles. The van der Waals surface area contributed by atoms with Crippen LogP contribution in [0.2, 0.25) is 0 Å². The van der Waals surface area contributed by atoms with Gasteiger partial charge in [-0.2, -0.15) is 26.3 Å². The van der Waals surface area contributed by atoms with Gasteiger partial charge in [-0.15, -0.1) is 0 Å². The maximum Gasteiger partial charge on any atom is 0.402 e. The Bertz CT molecular complexity index is 2840. The highest BCUT2D eigenvalue weighted by Crippen LogP contribution is 2.62. The Morgan fingerprint density at radius 3 is 1.47 bits per heavy atom. The molecule has 0 spiro atoms. The van der Waals surface area contributed by atoms with Crippen LogP contribution in [0.3, 0.4) is 0 Å². The second-order valence-corrected chi connectivity index (χ2v) is 19.2. The number of hydrogen-bond acceptors (Lipinski definition) is 0. The van der Waals surface area contributed by atoms with Crippen LogP contribution >= 0.6 is 0 Å². The van der Waals surface area contributed by atoms with E-state index in [4.69, 9.17) is 0 Å². The third-order valence-corrected chi connectivity index (χ3v) is 16.8. The standard InChI is InChI=1S/C56H52F6/c1-8-26-54(36-22-25-40-38-17-13-15-19-44(38)52(7,47(40)30-36)56(60,61)62)32-33-27-42-41-24-21-35(29-48(41)53(10-3,11-4)49(42)31-45(33)54)50(5,9-2)34-20-23-39-37-16-12-14-18-43(37)51(6,46(39)28-34)55(57,58)59/h12-25,27-31H,8-11,26,32H2,1-7H3. The van der Waals surface area contributed by atoms with Crippen LogP contribution in [0.15, 0.2) is 115 Å². The van der Waals surface area contributed by atoms with E-state index in [9.17, 15) is 0 Å². The van der Waals surface area contributed by atoms with Crippen molar-refractivity contribution >= 4 is 0 Å². The lowest BCUT2D eigenvalue weighted by Crippen LogP contribution is -2.42. The first-order valence-corrected chi connectivity index (χ1v) is 22.4. The van der Waals surface area contributed by atoms with Crippen molar-refractivity contribution in [2.24, 2.45) is 0 Å². The summed E-state index contributed by atoms with van der Waals surface area (Å²) in [6.45, 7) is 13.6. The van der Waals surface area contributed by atoms with Gasteiger partial charge in [0.1, 0.15) is 10.8 Å². The van der Waals surface area contributed by atoms with Crippen LogP contribution in [-0.4, -0.2) is 12.4 Å². The van der Waals surface area contributed by atoms with Crippen LogP contribution in [0, 0.1) is 0 Å². The maximum atomic E-state index is 15.2. The highest BCUT2D eigenvalue weighted by molar-refractivity contribution is 5.86. The molecule has 10 rings (SSSR count). The van der Waals surface area contributed by atoms with E-state index in [1.807, 2.05) is 42.5 Å². The number of halogens is 6. The van der Waals surface area contributed by atoms with Crippen LogP contribution in [-0.2, 0) is 33.5 Å². The Morgan fingerprint density at radius 2 is 0.952 bits per heavy atom. The average molecular weight is 839 g/mol. The van der Waals surface area contributed by atoms with Crippen molar-refractivity contribution in [1.82, 2.24) is 0 Å². The van der Waals surface area contributed by atoms with Crippen LogP contribution < -0.4 is 0 Å². The minimum Gasteiger partial charge on any atom is -0.170 e. The predicted octanol–water partition coefficient (Wildman–Crippen LogP) is 15.8. The molecule has 0 nitrogen and oxygen atoms in total. The van der Waals surface area contributed by atoms with Gasteiger partial charge < -0.3 is 0 Å². The fraction of sp³-hybridized carbons (Fsp3) is 0.357. The minimum absolute atomic E-state index is 0.296. The molecule has 6 aromatic rings. The molecule has 4 aliphatic rings. The topological polar surface area (TPSA) is 0 Å². The van der Waals surface area contributed by atoms with Gasteiger partial charge in [0.2, 0.25) is 0 Å². The first kappa shape index (κ1) is 40.9. The first-order chi connectivity index (χ1) is 29.4. The van der Waals surface area contributed by atoms with E-state index in [-0.39, 0.29) is 5.41 Å². The summed E-state index contributed by atoms with van der Waals surface area (Å²) in [6.07, 6.45) is -4.12. The Balaban J connectivity index is 1.08. The van der Waals surface area contributed by atoms with Gasteiger partial charge in [0.15, 0.2) is 0 Å². The number of fused-ring (bicyclic) bond motifs is 10. The van der Waals surface area contributed by atoms with Crippen molar-refractivity contribution in [3.63, 3.8) is 0 Å². The van der Waals surface area contributed by atoms with Crippen LogP contribution in [0.4, 0.5) is 26.3 Å². The third kappa shape index (κ3) is 4.93. The smallest absolute Gasteiger partial charge is 0.170 e. The van der Waals surface area contributed by atoms with Crippen molar-refractivity contribution < 1.29 is 26.3 Å². The molecule has 0 N–H and O–H groups in total. The molecule has 318 valence electrons. The highest BCUT2D eigenvalue weighted by atomic mass is 19.4. The molecule has 0 radical (unpaired) electrons. The van der Waals surface area contributed by atoms with Gasteiger partial charge in [-0.3, -0.25) is 0 Å². The lowest BCUT2D eigenvalue weighted by atomic mass is 9.56. The normalized spacial score (nSPS) is 23.3. The van der Waals surface area contributed by atoms with Crippen LogP contribution in [0.25, 0.3) is 33.4 Å². The van der Waals surface area contributed by atoms with Gasteiger partial charge >= 0.3 is 12.4 Å². The summed E-state index contributed by atoms with van der Waals surface area (Å²) in [6, 6.07) is 37.0. The molecule has 0 amide bonds. The summed E-state index contributed by atoms with van der Waals surface area (Å²) < 4.78 is 91.1. The number of hydrogen-bond donors (Lipinski definition) is 0. The monoisotopic (exact) mass is 838 g/mol. The van der Waals surface area contributed by atoms with Crippen LogP contribution in [0.1, 0.15) is 142 Å². The molecular formula is C56H52F6. The molecule has 4 unspecified atom stereocenters. The van der Waals surface area contributed by atoms with E-state index < -0.39 is 34.0 Å². The zero-order chi connectivity index (χ0) is 44.0. The fourth-order valence-corrected chi connectivity index (χ4v) is 12.7. The summed E-state index contributed by atoms with van der Waals surface area (Å²) in [5.41, 5.74) is 8.52. The largest absolute Gasteiger partial charge is 0.402 e. The summed E-state index contributed by atoms with van der Waals surface area (Å²) in [5.74, 6) is 0. The number of benzene rings is 6. The zero-order valence-electron chi connectivity index (χ0n) is 36.5. The first-order valence-electron chi connectivity index (χ1n) is 22.4. The fourth-order valence-electron chi connectivity index (χ4n) is 12.7. The Hall–Kier alpha value is -5.10. The van der Waals surface area contributed by atoms with E-state index in [0.29, 0.717) is 50.9 Å². The van der Waals surface area contributed by atoms with Gasteiger partial charge in [-0.05, 0) is 141 Å². The third-order valence-electron chi connectivity index (χ3n) is 16.8. The number of rotatable bonds is 8. The van der Waals surface area contributed by atoms with Crippen molar-refractivity contribution in [2.75, 3.05) is 0 Å². The molecular weight excluding hydrogens is 787 g/mol. The Labute approximate surface area is 361 Å². The van der Waals surface area contributed by atoms with Gasteiger partial charge in [-0.1, -0.05) is 156 Å². The van der Waals surface area contributed by atoms with E-state index in [0.717, 1.165) is 48.8 Å². The second kappa shape index (κ2) is 13.2. The lowest BCUT2D eigenvalue weighted by molar-refractivity contribution is -0.172.